The summed E-state index contributed by atoms with van der Waals surface area (Å²) in [5.74, 6) is -1.20. The first kappa shape index (κ1) is 26.3. The summed E-state index contributed by atoms with van der Waals surface area (Å²) in [4.78, 5) is 24.0. The molecule has 1 atom stereocenters. The number of hydrogen-bond donors (Lipinski definition) is 3. The molecule has 7 nitrogen and oxygen atoms in total. The molecule has 0 saturated heterocycles. The first-order valence-electron chi connectivity index (χ1n) is 10.5. The maximum Gasteiger partial charge on any atom is 0.433 e. The second-order valence-corrected chi connectivity index (χ2v) is 9.94. The Labute approximate surface area is 204 Å². The Balaban J connectivity index is 1.90. The third-order valence-electron chi connectivity index (χ3n) is 5.52. The zero-order chi connectivity index (χ0) is 26.2. The topological polar surface area (TPSA) is 108 Å². The van der Waals surface area contributed by atoms with Gasteiger partial charge in [0.1, 0.15) is 16.3 Å². The van der Waals surface area contributed by atoms with E-state index < -0.39 is 28.9 Å². The minimum Gasteiger partial charge on any atom is -0.481 e. The van der Waals surface area contributed by atoms with E-state index in [0.717, 1.165) is 23.4 Å². The Kier molecular flexibility index (Phi) is 7.05. The van der Waals surface area contributed by atoms with Crippen LogP contribution in [0.3, 0.4) is 0 Å². The number of rotatable bonds is 7. The van der Waals surface area contributed by atoms with Crippen LogP contribution < -0.4 is 5.32 Å². The fourth-order valence-corrected chi connectivity index (χ4v) is 4.10. The lowest BCUT2D eigenvalue weighted by Crippen LogP contribution is -2.28. The van der Waals surface area contributed by atoms with E-state index in [9.17, 15) is 28.2 Å². The van der Waals surface area contributed by atoms with Gasteiger partial charge in [0.2, 0.25) is 5.95 Å². The average molecular weight is 507 g/mol. The van der Waals surface area contributed by atoms with E-state index in [1.165, 1.54) is 24.3 Å². The molecule has 35 heavy (non-hydrogen) atoms. The highest BCUT2D eigenvalue weighted by molar-refractivity contribution is 7.15. The summed E-state index contributed by atoms with van der Waals surface area (Å²) < 4.78 is 38.9. The number of alkyl halides is 3. The Morgan fingerprint density at radius 2 is 1.83 bits per heavy atom. The summed E-state index contributed by atoms with van der Waals surface area (Å²) in [6.45, 7) is 8.12. The van der Waals surface area contributed by atoms with E-state index in [4.69, 9.17) is 0 Å². The van der Waals surface area contributed by atoms with Crippen LogP contribution in [0.25, 0.3) is 10.4 Å². The van der Waals surface area contributed by atoms with Gasteiger partial charge in [-0.15, -0.1) is 11.3 Å². The minimum absolute atomic E-state index is 0.189. The van der Waals surface area contributed by atoms with Crippen LogP contribution in [0.2, 0.25) is 0 Å². The second kappa shape index (κ2) is 9.38. The number of hydrogen-bond acceptors (Lipinski definition) is 7. The van der Waals surface area contributed by atoms with Crippen molar-refractivity contribution in [3.05, 3.63) is 64.6 Å². The average Bonchev–Trinajstić information content (AvgIpc) is 3.24. The van der Waals surface area contributed by atoms with Crippen LogP contribution in [0.5, 0.6) is 0 Å². The molecule has 186 valence electrons. The van der Waals surface area contributed by atoms with Gasteiger partial charge in [-0.25, -0.2) is 15.0 Å². The van der Waals surface area contributed by atoms with Crippen molar-refractivity contribution in [1.82, 2.24) is 15.0 Å². The molecule has 1 unspecified atom stereocenters. The molecule has 0 aliphatic heterocycles. The van der Waals surface area contributed by atoms with Gasteiger partial charge in [-0.3, -0.25) is 4.79 Å². The predicted molar refractivity (Wildman–Crippen MR) is 127 cm³/mol. The molecule has 3 aromatic rings. The van der Waals surface area contributed by atoms with Crippen molar-refractivity contribution in [2.24, 2.45) is 5.41 Å². The Hall–Kier alpha value is -3.31. The smallest absolute Gasteiger partial charge is 0.433 e. The van der Waals surface area contributed by atoms with Crippen LogP contribution in [-0.2, 0) is 16.6 Å². The number of carbonyl (C=O) groups is 1. The molecule has 0 spiro atoms. The highest BCUT2D eigenvalue weighted by Crippen LogP contribution is 2.37. The lowest BCUT2D eigenvalue weighted by Gasteiger charge is -2.24. The third kappa shape index (κ3) is 6.04. The monoisotopic (exact) mass is 506 g/mol. The third-order valence-corrected chi connectivity index (χ3v) is 6.79. The SMILES string of the molecule is CC(=CC(C)(O)c1ncc(-c2cc(C)cc(Nc3nccc(C(F)(F)F)n3)c2)s1)C(C)(C)C(=O)O. The molecule has 1 aromatic carbocycles. The van der Waals surface area contributed by atoms with Crippen LogP contribution in [-0.4, -0.2) is 31.1 Å². The van der Waals surface area contributed by atoms with E-state index in [-0.39, 0.29) is 5.95 Å². The van der Waals surface area contributed by atoms with Gasteiger partial charge in [-0.05, 0) is 70.0 Å². The zero-order valence-corrected chi connectivity index (χ0v) is 20.5. The van der Waals surface area contributed by atoms with E-state index in [1.54, 1.807) is 39.1 Å². The van der Waals surface area contributed by atoms with Crippen LogP contribution in [0.15, 0.2) is 48.3 Å². The van der Waals surface area contributed by atoms with Crippen molar-refractivity contribution in [2.75, 3.05) is 5.32 Å². The number of carboxylic acid groups (broad SMARTS) is 1. The lowest BCUT2D eigenvalue weighted by molar-refractivity contribution is -0.145. The van der Waals surface area contributed by atoms with Crippen LogP contribution >= 0.6 is 11.3 Å². The van der Waals surface area contributed by atoms with E-state index in [1.807, 2.05) is 13.0 Å². The maximum absolute atomic E-state index is 13.0. The van der Waals surface area contributed by atoms with Gasteiger partial charge in [-0.1, -0.05) is 11.6 Å². The van der Waals surface area contributed by atoms with Crippen LogP contribution in [0.1, 0.15) is 44.0 Å². The summed E-state index contributed by atoms with van der Waals surface area (Å²) >= 11 is 1.22. The summed E-state index contributed by atoms with van der Waals surface area (Å²) in [5.41, 5.74) is -1.19. The predicted octanol–water partition coefficient (Wildman–Crippen LogP) is 5.94. The van der Waals surface area contributed by atoms with Crippen LogP contribution in [0.4, 0.5) is 24.8 Å². The van der Waals surface area contributed by atoms with Gasteiger partial charge in [0.15, 0.2) is 0 Å². The number of thiazole rings is 1. The minimum atomic E-state index is -4.58. The fraction of sp³-hybridized carbons (Fsp3) is 0.333. The molecule has 0 aliphatic carbocycles. The largest absolute Gasteiger partial charge is 0.481 e. The molecule has 3 N–H and O–H groups in total. The maximum atomic E-state index is 13.0. The van der Waals surface area contributed by atoms with E-state index in [2.05, 4.69) is 20.3 Å². The molecule has 0 amide bonds. The number of carboxylic acids is 1. The highest BCUT2D eigenvalue weighted by Gasteiger charge is 2.34. The summed E-state index contributed by atoms with van der Waals surface area (Å²) in [5, 5.41) is 23.6. The molecule has 0 fully saturated rings. The number of nitrogens with one attached hydrogen (secondary N) is 1. The normalized spacial score (nSPS) is 14.5. The molecule has 0 aliphatic rings. The quantitative estimate of drug-likeness (QED) is 0.341. The van der Waals surface area contributed by atoms with Crippen molar-refractivity contribution in [3.8, 4) is 10.4 Å². The molecule has 0 radical (unpaired) electrons. The number of halogens is 3. The summed E-state index contributed by atoms with van der Waals surface area (Å²) in [7, 11) is 0. The first-order valence-corrected chi connectivity index (χ1v) is 11.3. The molecular weight excluding hydrogens is 481 g/mol. The van der Waals surface area contributed by atoms with Gasteiger partial charge < -0.3 is 15.5 Å². The molecule has 3 rings (SSSR count). The van der Waals surface area contributed by atoms with Crippen LogP contribution in [0, 0.1) is 12.3 Å². The lowest BCUT2D eigenvalue weighted by atomic mass is 9.83. The van der Waals surface area contributed by atoms with Gasteiger partial charge in [0.25, 0.3) is 0 Å². The number of anilines is 2. The molecule has 2 heterocycles. The van der Waals surface area contributed by atoms with E-state index in [0.29, 0.717) is 21.1 Å². The van der Waals surface area contributed by atoms with Gasteiger partial charge in [0.05, 0.1) is 10.3 Å². The first-order chi connectivity index (χ1) is 16.1. The Morgan fingerprint density at radius 3 is 2.46 bits per heavy atom. The van der Waals surface area contributed by atoms with Crippen molar-refractivity contribution in [1.29, 1.82) is 0 Å². The summed E-state index contributed by atoms with van der Waals surface area (Å²) in [6, 6.07) is 6.13. The van der Waals surface area contributed by atoms with Gasteiger partial charge >= 0.3 is 12.1 Å². The molecule has 0 saturated carbocycles. The molecule has 2 aromatic heterocycles. The van der Waals surface area contributed by atoms with Crippen molar-refractivity contribution >= 4 is 28.9 Å². The number of aliphatic hydroxyl groups is 1. The number of aryl methyl sites for hydroxylation is 1. The summed E-state index contributed by atoms with van der Waals surface area (Å²) in [6.07, 6.45) is -0.482. The number of aliphatic carboxylic acids is 1. The van der Waals surface area contributed by atoms with Gasteiger partial charge in [-0.2, -0.15) is 13.2 Å². The number of nitrogens with zero attached hydrogens (tertiary/aromatic N) is 3. The van der Waals surface area contributed by atoms with Crippen molar-refractivity contribution in [3.63, 3.8) is 0 Å². The Bertz CT molecular complexity index is 1280. The molecule has 0 bridgehead atoms. The van der Waals surface area contributed by atoms with E-state index >= 15 is 0 Å². The molecule has 11 heteroatoms. The molecular formula is C24H25F3N4O3S. The highest BCUT2D eigenvalue weighted by atomic mass is 32.1. The van der Waals surface area contributed by atoms with Crippen molar-refractivity contribution in [2.45, 2.75) is 46.4 Å². The zero-order valence-electron chi connectivity index (χ0n) is 19.7. The standard InChI is InChI=1S/C24H25F3N4O3S/c1-13-8-15(10-16(9-13)30-21-28-7-6-18(31-21)24(25,26)27)17-12-29-19(35-17)23(5,34)11-14(2)22(3,4)20(32)33/h6-12,34H,1-5H3,(H,32,33)(H,28,30,31). The van der Waals surface area contributed by atoms with Crippen molar-refractivity contribution < 1.29 is 28.2 Å². The fourth-order valence-electron chi connectivity index (χ4n) is 3.18. The second-order valence-electron chi connectivity index (χ2n) is 8.91. The Morgan fingerprint density at radius 1 is 1.14 bits per heavy atom. The number of benzene rings is 1. The number of aromatic nitrogens is 3. The van der Waals surface area contributed by atoms with Gasteiger partial charge in [0, 0.05) is 18.1 Å².